The summed E-state index contributed by atoms with van der Waals surface area (Å²) in [6.45, 7) is 2.30. The summed E-state index contributed by atoms with van der Waals surface area (Å²) in [6.07, 6.45) is 0.626. The molecule has 1 aromatic carbocycles. The van der Waals surface area contributed by atoms with Gasteiger partial charge in [-0.1, -0.05) is 18.5 Å². The average molecular weight is 364 g/mol. The van der Waals surface area contributed by atoms with Gasteiger partial charge in [0.2, 0.25) is 0 Å². The van der Waals surface area contributed by atoms with Gasteiger partial charge in [-0.25, -0.2) is 4.79 Å². The molecule has 0 aromatic heterocycles. The maximum Gasteiger partial charge on any atom is 0.319 e. The zero-order valence-corrected chi connectivity index (χ0v) is 13.3. The zero-order chi connectivity index (χ0) is 15.1. The van der Waals surface area contributed by atoms with Crippen molar-refractivity contribution in [1.29, 1.82) is 0 Å². The number of aliphatic carboxylic acids is 1. The van der Waals surface area contributed by atoms with E-state index in [1.807, 2.05) is 6.92 Å². The Hall–Kier alpha value is -1.27. The minimum atomic E-state index is -0.829. The first-order chi connectivity index (χ1) is 9.38. The van der Waals surface area contributed by atoms with E-state index in [4.69, 9.17) is 16.7 Å². The number of carbonyl (C=O) groups is 2. The first kappa shape index (κ1) is 16.8. The normalized spacial score (nSPS) is 11.8. The topological polar surface area (TPSA) is 78.4 Å². The van der Waals surface area contributed by atoms with E-state index in [0.29, 0.717) is 23.7 Å². The Balaban J connectivity index is 2.40. The Morgan fingerprint density at radius 1 is 1.45 bits per heavy atom. The van der Waals surface area contributed by atoms with Crippen LogP contribution in [0.4, 0.5) is 10.5 Å². The summed E-state index contributed by atoms with van der Waals surface area (Å²) in [5.41, 5.74) is 0.577. The predicted molar refractivity (Wildman–Crippen MR) is 82.2 cm³/mol. The number of anilines is 1. The summed E-state index contributed by atoms with van der Waals surface area (Å²) in [6, 6.07) is 4.74. The van der Waals surface area contributed by atoms with Crippen LogP contribution in [0.5, 0.6) is 0 Å². The highest BCUT2D eigenvalue weighted by Gasteiger charge is 2.09. The van der Waals surface area contributed by atoms with E-state index in [0.717, 1.165) is 4.47 Å². The lowest BCUT2D eigenvalue weighted by molar-refractivity contribution is -0.137. The number of hydrogen-bond acceptors (Lipinski definition) is 2. The van der Waals surface area contributed by atoms with Gasteiger partial charge >= 0.3 is 12.0 Å². The highest BCUT2D eigenvalue weighted by Crippen LogP contribution is 2.25. The van der Waals surface area contributed by atoms with Crippen molar-refractivity contribution >= 4 is 45.2 Å². The van der Waals surface area contributed by atoms with Crippen LogP contribution in [0.2, 0.25) is 5.02 Å². The smallest absolute Gasteiger partial charge is 0.319 e. The molecule has 0 aliphatic carbocycles. The van der Waals surface area contributed by atoms with Crippen molar-refractivity contribution in [3.8, 4) is 0 Å². The molecule has 1 aromatic rings. The van der Waals surface area contributed by atoms with Crippen molar-refractivity contribution in [2.24, 2.45) is 5.92 Å². The molecule has 5 nitrogen and oxygen atoms in total. The Morgan fingerprint density at radius 3 is 2.80 bits per heavy atom. The van der Waals surface area contributed by atoms with Crippen LogP contribution in [0.1, 0.15) is 19.8 Å². The SMILES string of the molecule is CC(CCC(=O)O)CNC(=O)Nc1cc(Cl)ccc1Br. The van der Waals surface area contributed by atoms with Crippen LogP contribution in [-0.4, -0.2) is 23.7 Å². The molecule has 0 spiro atoms. The molecule has 1 rings (SSSR count). The number of halogens is 2. The predicted octanol–water partition coefficient (Wildman–Crippen LogP) is 3.72. The van der Waals surface area contributed by atoms with E-state index < -0.39 is 5.97 Å². The molecule has 0 aliphatic rings. The van der Waals surface area contributed by atoms with Crippen LogP contribution >= 0.6 is 27.5 Å². The van der Waals surface area contributed by atoms with Crippen molar-refractivity contribution in [3.63, 3.8) is 0 Å². The Labute approximate surface area is 130 Å². The number of urea groups is 1. The van der Waals surface area contributed by atoms with Crippen LogP contribution in [0.3, 0.4) is 0 Å². The average Bonchev–Trinajstić information content (AvgIpc) is 2.38. The van der Waals surface area contributed by atoms with E-state index in [9.17, 15) is 9.59 Å². The van der Waals surface area contributed by atoms with Crippen LogP contribution in [0.15, 0.2) is 22.7 Å². The number of rotatable bonds is 6. The van der Waals surface area contributed by atoms with Gasteiger partial charge in [0.05, 0.1) is 5.69 Å². The minimum Gasteiger partial charge on any atom is -0.481 e. The number of nitrogens with one attached hydrogen (secondary N) is 2. The lowest BCUT2D eigenvalue weighted by Gasteiger charge is -2.13. The molecular formula is C13H16BrClN2O3. The fourth-order valence-corrected chi connectivity index (χ4v) is 2.02. The minimum absolute atomic E-state index is 0.0969. The molecule has 1 atom stereocenters. The van der Waals surface area contributed by atoms with E-state index in [1.54, 1.807) is 18.2 Å². The quantitative estimate of drug-likeness (QED) is 0.720. The second-order valence-corrected chi connectivity index (χ2v) is 5.79. The molecular weight excluding hydrogens is 348 g/mol. The van der Waals surface area contributed by atoms with Gasteiger partial charge in [0.25, 0.3) is 0 Å². The largest absolute Gasteiger partial charge is 0.481 e. The molecule has 7 heteroatoms. The number of carbonyl (C=O) groups excluding carboxylic acids is 1. The molecule has 0 saturated heterocycles. The van der Waals surface area contributed by atoms with Crippen molar-refractivity contribution in [3.05, 3.63) is 27.7 Å². The Kier molecular flexibility index (Phi) is 6.81. The highest BCUT2D eigenvalue weighted by atomic mass is 79.9. The highest BCUT2D eigenvalue weighted by molar-refractivity contribution is 9.10. The molecule has 0 aliphatic heterocycles. The third-order valence-electron chi connectivity index (χ3n) is 2.64. The lowest BCUT2D eigenvalue weighted by Crippen LogP contribution is -2.32. The van der Waals surface area contributed by atoms with Crippen LogP contribution in [-0.2, 0) is 4.79 Å². The molecule has 1 unspecified atom stereocenters. The number of carboxylic acids is 1. The third kappa shape index (κ3) is 6.25. The number of benzene rings is 1. The number of amides is 2. The summed E-state index contributed by atoms with van der Waals surface area (Å²) in [7, 11) is 0. The van der Waals surface area contributed by atoms with Crippen LogP contribution < -0.4 is 10.6 Å². The molecule has 20 heavy (non-hydrogen) atoms. The summed E-state index contributed by atoms with van der Waals surface area (Å²) < 4.78 is 0.732. The molecule has 0 radical (unpaired) electrons. The van der Waals surface area contributed by atoms with Gasteiger partial charge in [-0.05, 0) is 46.5 Å². The third-order valence-corrected chi connectivity index (χ3v) is 3.57. The van der Waals surface area contributed by atoms with E-state index in [-0.39, 0.29) is 18.4 Å². The summed E-state index contributed by atoms with van der Waals surface area (Å²) in [5.74, 6) is -0.733. The van der Waals surface area contributed by atoms with Crippen molar-refractivity contribution in [1.82, 2.24) is 5.32 Å². The van der Waals surface area contributed by atoms with Gasteiger partial charge in [-0.15, -0.1) is 0 Å². The molecule has 0 heterocycles. The second-order valence-electron chi connectivity index (χ2n) is 4.50. The molecule has 3 N–H and O–H groups in total. The van der Waals surface area contributed by atoms with Gasteiger partial charge < -0.3 is 15.7 Å². The van der Waals surface area contributed by atoms with Crippen molar-refractivity contribution in [2.75, 3.05) is 11.9 Å². The van der Waals surface area contributed by atoms with Gasteiger partial charge in [0, 0.05) is 22.5 Å². The molecule has 2 amide bonds. The van der Waals surface area contributed by atoms with Gasteiger partial charge in [-0.2, -0.15) is 0 Å². The van der Waals surface area contributed by atoms with Gasteiger partial charge in [0.1, 0.15) is 0 Å². The van der Waals surface area contributed by atoms with E-state index >= 15 is 0 Å². The zero-order valence-electron chi connectivity index (χ0n) is 11.0. The Morgan fingerprint density at radius 2 is 2.15 bits per heavy atom. The molecule has 0 fully saturated rings. The maximum absolute atomic E-state index is 11.7. The second kappa shape index (κ2) is 8.11. The fourth-order valence-electron chi connectivity index (χ4n) is 1.50. The van der Waals surface area contributed by atoms with Crippen molar-refractivity contribution < 1.29 is 14.7 Å². The maximum atomic E-state index is 11.7. The van der Waals surface area contributed by atoms with Crippen LogP contribution in [0.25, 0.3) is 0 Å². The first-order valence-electron chi connectivity index (χ1n) is 6.10. The van der Waals surface area contributed by atoms with E-state index in [2.05, 4.69) is 26.6 Å². The first-order valence-corrected chi connectivity index (χ1v) is 7.27. The van der Waals surface area contributed by atoms with E-state index in [1.165, 1.54) is 0 Å². The summed E-state index contributed by atoms with van der Waals surface area (Å²) in [4.78, 5) is 22.2. The monoisotopic (exact) mass is 362 g/mol. The molecule has 0 bridgehead atoms. The van der Waals surface area contributed by atoms with Crippen molar-refractivity contribution in [2.45, 2.75) is 19.8 Å². The molecule has 0 saturated carbocycles. The number of hydrogen-bond donors (Lipinski definition) is 3. The summed E-state index contributed by atoms with van der Waals surface area (Å²) in [5, 5.41) is 14.5. The fraction of sp³-hybridized carbons (Fsp3) is 0.385. The van der Waals surface area contributed by atoms with Gasteiger partial charge in [-0.3, -0.25) is 4.79 Å². The Bertz CT molecular complexity index is 497. The van der Waals surface area contributed by atoms with Gasteiger partial charge in [0.15, 0.2) is 0 Å². The lowest BCUT2D eigenvalue weighted by atomic mass is 10.1. The summed E-state index contributed by atoms with van der Waals surface area (Å²) >= 11 is 9.16. The van der Waals surface area contributed by atoms with Crippen LogP contribution in [0, 0.1) is 5.92 Å². The molecule has 110 valence electrons. The number of carboxylic acid groups (broad SMARTS) is 1. The standard InChI is InChI=1S/C13H16BrClN2O3/c1-8(2-5-12(18)19)7-16-13(20)17-11-6-9(15)3-4-10(11)14/h3-4,6,8H,2,5,7H2,1H3,(H,18,19)(H2,16,17,20).